The van der Waals surface area contributed by atoms with E-state index in [1.54, 1.807) is 24.3 Å². The molecule has 1 fully saturated rings. The lowest BCUT2D eigenvalue weighted by Crippen LogP contribution is -2.43. The van der Waals surface area contributed by atoms with Gasteiger partial charge in [-0.3, -0.25) is 10.1 Å². The molecule has 0 atom stereocenters. The summed E-state index contributed by atoms with van der Waals surface area (Å²) in [6.07, 6.45) is 0. The van der Waals surface area contributed by atoms with E-state index >= 15 is 0 Å². The van der Waals surface area contributed by atoms with Gasteiger partial charge in [0.1, 0.15) is 11.4 Å². The molecule has 27 heavy (non-hydrogen) atoms. The van der Waals surface area contributed by atoms with Crippen LogP contribution in [0.15, 0.2) is 47.4 Å². The molecular weight excluding hydrogens is 370 g/mol. The Morgan fingerprint density at radius 3 is 2.59 bits per heavy atom. The van der Waals surface area contributed by atoms with Crippen LogP contribution in [0.4, 0.5) is 11.4 Å². The molecule has 3 rings (SSSR count). The molecule has 0 bridgehead atoms. The van der Waals surface area contributed by atoms with Crippen molar-refractivity contribution in [3.05, 3.63) is 58.1 Å². The summed E-state index contributed by atoms with van der Waals surface area (Å²) in [7, 11) is -2.23. The Morgan fingerprint density at radius 1 is 1.19 bits per heavy atom. The predicted octanol–water partition coefficient (Wildman–Crippen LogP) is 1.99. The SMILES string of the molecule is COc1cccc(CS(=O)(=O)c2ccc(N3CCNCC3)c([N+](=O)[O-])c2)c1. The van der Waals surface area contributed by atoms with Crippen molar-refractivity contribution in [1.82, 2.24) is 5.32 Å². The molecule has 0 aliphatic carbocycles. The van der Waals surface area contributed by atoms with Gasteiger partial charge in [0.15, 0.2) is 9.84 Å². The third-order valence-electron chi connectivity index (χ3n) is 4.45. The largest absolute Gasteiger partial charge is 0.497 e. The fourth-order valence-corrected chi connectivity index (χ4v) is 4.43. The van der Waals surface area contributed by atoms with Gasteiger partial charge in [0.25, 0.3) is 5.69 Å². The molecule has 144 valence electrons. The number of nitro benzene ring substituents is 1. The molecule has 1 heterocycles. The number of hydrogen-bond donors (Lipinski definition) is 1. The molecule has 0 aromatic heterocycles. The van der Waals surface area contributed by atoms with Crippen molar-refractivity contribution in [2.75, 3.05) is 38.2 Å². The Kier molecular flexibility index (Phi) is 5.62. The number of benzene rings is 2. The summed E-state index contributed by atoms with van der Waals surface area (Å²) in [6.45, 7) is 2.73. The number of ether oxygens (including phenoxy) is 1. The second kappa shape index (κ2) is 7.93. The molecule has 2 aromatic rings. The molecule has 8 nitrogen and oxygen atoms in total. The zero-order valence-corrected chi connectivity index (χ0v) is 15.7. The van der Waals surface area contributed by atoms with E-state index in [9.17, 15) is 18.5 Å². The van der Waals surface area contributed by atoms with Gasteiger partial charge < -0.3 is 15.0 Å². The van der Waals surface area contributed by atoms with E-state index in [1.807, 2.05) is 4.90 Å². The Bertz CT molecular complexity index is 940. The average molecular weight is 391 g/mol. The smallest absolute Gasteiger partial charge is 0.293 e. The first-order valence-corrected chi connectivity index (χ1v) is 10.2. The van der Waals surface area contributed by atoms with Crippen molar-refractivity contribution in [1.29, 1.82) is 0 Å². The van der Waals surface area contributed by atoms with Gasteiger partial charge in [-0.05, 0) is 29.8 Å². The molecule has 0 radical (unpaired) electrons. The summed E-state index contributed by atoms with van der Waals surface area (Å²) in [5.74, 6) is 0.302. The van der Waals surface area contributed by atoms with Crippen LogP contribution in [0.25, 0.3) is 0 Å². The third kappa shape index (κ3) is 4.37. The number of hydrogen-bond acceptors (Lipinski definition) is 7. The lowest BCUT2D eigenvalue weighted by molar-refractivity contribution is -0.384. The van der Waals surface area contributed by atoms with Crippen LogP contribution in [0.2, 0.25) is 0 Å². The summed E-state index contributed by atoms with van der Waals surface area (Å²) in [5, 5.41) is 14.7. The maximum absolute atomic E-state index is 12.8. The Labute approximate surface area is 157 Å². The molecule has 1 aliphatic heterocycles. The van der Waals surface area contributed by atoms with Gasteiger partial charge in [-0.15, -0.1) is 0 Å². The number of piperazine rings is 1. The van der Waals surface area contributed by atoms with Crippen LogP contribution < -0.4 is 15.0 Å². The molecule has 2 aromatic carbocycles. The fraction of sp³-hybridized carbons (Fsp3) is 0.333. The maximum atomic E-state index is 12.8. The lowest BCUT2D eigenvalue weighted by atomic mass is 10.2. The molecule has 9 heteroatoms. The normalized spacial score (nSPS) is 14.8. The molecule has 1 N–H and O–H groups in total. The first-order chi connectivity index (χ1) is 12.9. The summed E-state index contributed by atoms with van der Waals surface area (Å²) >= 11 is 0. The van der Waals surface area contributed by atoms with E-state index in [0.29, 0.717) is 30.1 Å². The van der Waals surface area contributed by atoms with Crippen LogP contribution >= 0.6 is 0 Å². The molecule has 0 saturated carbocycles. The van der Waals surface area contributed by atoms with E-state index in [0.717, 1.165) is 19.2 Å². The van der Waals surface area contributed by atoms with Crippen LogP contribution in [0, 0.1) is 10.1 Å². The monoisotopic (exact) mass is 391 g/mol. The van der Waals surface area contributed by atoms with Crippen LogP contribution in [0.5, 0.6) is 5.75 Å². The minimum Gasteiger partial charge on any atom is -0.497 e. The first-order valence-electron chi connectivity index (χ1n) is 8.50. The van der Waals surface area contributed by atoms with E-state index in [1.165, 1.54) is 19.2 Å². The highest BCUT2D eigenvalue weighted by atomic mass is 32.2. The highest BCUT2D eigenvalue weighted by Crippen LogP contribution is 2.32. The number of nitro groups is 1. The number of nitrogens with one attached hydrogen (secondary N) is 1. The van der Waals surface area contributed by atoms with Gasteiger partial charge in [-0.1, -0.05) is 12.1 Å². The zero-order valence-electron chi connectivity index (χ0n) is 14.9. The first kappa shape index (κ1) is 19.1. The average Bonchev–Trinajstić information content (AvgIpc) is 2.68. The molecule has 0 unspecified atom stereocenters. The number of nitrogens with zero attached hydrogens (tertiary/aromatic N) is 2. The Hall–Kier alpha value is -2.65. The van der Waals surface area contributed by atoms with Gasteiger partial charge >= 0.3 is 0 Å². The van der Waals surface area contributed by atoms with Crippen LogP contribution in [0.1, 0.15) is 5.56 Å². The number of sulfone groups is 1. The summed E-state index contributed by atoms with van der Waals surface area (Å²) in [5.41, 5.74) is 0.814. The second-order valence-electron chi connectivity index (χ2n) is 6.26. The molecule has 1 aliphatic rings. The minimum atomic E-state index is -3.73. The van der Waals surface area contributed by atoms with Crippen LogP contribution in [-0.2, 0) is 15.6 Å². The van der Waals surface area contributed by atoms with Gasteiger partial charge in [0.05, 0.1) is 22.7 Å². The minimum absolute atomic E-state index is 0.0593. The summed E-state index contributed by atoms with van der Waals surface area (Å²) in [6, 6.07) is 10.9. The van der Waals surface area contributed by atoms with Gasteiger partial charge in [-0.2, -0.15) is 0 Å². The number of rotatable bonds is 6. The van der Waals surface area contributed by atoms with Crippen molar-refractivity contribution in [3.8, 4) is 5.75 Å². The van der Waals surface area contributed by atoms with E-state index in [4.69, 9.17) is 4.74 Å². The van der Waals surface area contributed by atoms with Crippen molar-refractivity contribution in [2.45, 2.75) is 10.6 Å². The maximum Gasteiger partial charge on any atom is 0.293 e. The zero-order chi connectivity index (χ0) is 19.4. The van der Waals surface area contributed by atoms with Crippen molar-refractivity contribution in [2.24, 2.45) is 0 Å². The highest BCUT2D eigenvalue weighted by molar-refractivity contribution is 7.90. The van der Waals surface area contributed by atoms with Gasteiger partial charge in [0.2, 0.25) is 0 Å². The van der Waals surface area contributed by atoms with Crippen LogP contribution in [-0.4, -0.2) is 46.6 Å². The fourth-order valence-electron chi connectivity index (χ4n) is 3.08. The predicted molar refractivity (Wildman–Crippen MR) is 102 cm³/mol. The lowest BCUT2D eigenvalue weighted by Gasteiger charge is -2.29. The molecule has 0 spiro atoms. The topological polar surface area (TPSA) is 102 Å². The number of anilines is 1. The molecular formula is C18H21N3O5S. The Balaban J connectivity index is 1.93. The Morgan fingerprint density at radius 2 is 1.93 bits per heavy atom. The second-order valence-corrected chi connectivity index (χ2v) is 8.24. The van der Waals surface area contributed by atoms with Crippen LogP contribution in [0.3, 0.4) is 0 Å². The van der Waals surface area contributed by atoms with Crippen molar-refractivity contribution < 1.29 is 18.1 Å². The van der Waals surface area contributed by atoms with Gasteiger partial charge in [0, 0.05) is 32.2 Å². The quantitative estimate of drug-likeness (QED) is 0.593. The van der Waals surface area contributed by atoms with Crippen molar-refractivity contribution >= 4 is 21.2 Å². The highest BCUT2D eigenvalue weighted by Gasteiger charge is 2.25. The summed E-state index contributed by atoms with van der Waals surface area (Å²) in [4.78, 5) is 12.8. The molecule has 0 amide bonds. The van der Waals surface area contributed by atoms with E-state index in [2.05, 4.69) is 5.32 Å². The van der Waals surface area contributed by atoms with Gasteiger partial charge in [-0.25, -0.2) is 8.42 Å². The van der Waals surface area contributed by atoms with E-state index in [-0.39, 0.29) is 16.3 Å². The standard InChI is InChI=1S/C18H21N3O5S/c1-26-15-4-2-3-14(11-15)13-27(24,25)16-5-6-17(18(12-16)21(22)23)20-9-7-19-8-10-20/h2-6,11-12,19H,7-10,13H2,1H3. The molecule has 1 saturated heterocycles. The number of methoxy groups -OCH3 is 1. The summed E-state index contributed by atoms with van der Waals surface area (Å²) < 4.78 is 30.7. The third-order valence-corrected chi connectivity index (χ3v) is 6.14. The van der Waals surface area contributed by atoms with Crippen molar-refractivity contribution in [3.63, 3.8) is 0 Å². The van der Waals surface area contributed by atoms with E-state index < -0.39 is 14.8 Å².